The van der Waals surface area contributed by atoms with Crippen molar-refractivity contribution in [3.05, 3.63) is 14.3 Å². The highest BCUT2D eigenvalue weighted by Crippen LogP contribution is 2.28. The van der Waals surface area contributed by atoms with Crippen LogP contribution in [0.15, 0.2) is 0 Å². The third-order valence-corrected chi connectivity index (χ3v) is 7.43. The van der Waals surface area contributed by atoms with Crippen molar-refractivity contribution in [2.45, 2.75) is 83.5 Å². The Morgan fingerprint density at radius 1 is 0.579 bits per heavy atom. The van der Waals surface area contributed by atoms with Gasteiger partial charge in [-0.2, -0.15) is 0 Å². The van der Waals surface area contributed by atoms with Gasteiger partial charge in [-0.15, -0.1) is 0 Å². The second-order valence-electron chi connectivity index (χ2n) is 5.74. The normalized spacial score (nSPS) is 20.2. The Balaban J connectivity index is 1.90. The Hall–Kier alpha value is 0.270. The molecular weight excluding hydrogens is 288 g/mol. The lowest BCUT2D eigenvalue weighted by molar-refractivity contribution is 0.549. The van der Waals surface area contributed by atoms with Gasteiger partial charge in [-0.25, -0.2) is 0 Å². The molecule has 2 rings (SSSR count). The molecule has 0 radical (unpaired) electrons. The molecular formula is C16H26S3. The van der Waals surface area contributed by atoms with E-state index in [0.29, 0.717) is 0 Å². The summed E-state index contributed by atoms with van der Waals surface area (Å²) in [5.41, 5.74) is 1.54. The number of aryl methyl sites for hydroxylation is 1. The molecule has 0 saturated heterocycles. The molecule has 1 aromatic heterocycles. The highest BCUT2D eigenvalue weighted by atomic mass is 32.9. The first kappa shape index (κ1) is 15.7. The largest absolute Gasteiger partial charge is 0.105 e. The lowest BCUT2D eigenvalue weighted by Gasteiger charge is -2.03. The maximum absolute atomic E-state index is 5.51. The quantitative estimate of drug-likeness (QED) is 0.369. The predicted octanol–water partition coefficient (Wildman–Crippen LogP) is 6.93. The van der Waals surface area contributed by atoms with E-state index >= 15 is 0 Å². The number of rotatable bonds is 0. The lowest BCUT2D eigenvalue weighted by Crippen LogP contribution is -1.91. The Morgan fingerprint density at radius 2 is 1.05 bits per heavy atom. The second kappa shape index (κ2) is 9.25. The molecule has 0 unspecified atom stereocenters. The monoisotopic (exact) mass is 314 g/mol. The second-order valence-corrected chi connectivity index (χ2v) is 8.65. The number of hydrogen-bond donors (Lipinski definition) is 0. The molecule has 0 saturated carbocycles. The van der Waals surface area contributed by atoms with Gasteiger partial charge in [0.15, 0.2) is 0 Å². The van der Waals surface area contributed by atoms with Gasteiger partial charge in [0, 0.05) is 4.88 Å². The van der Waals surface area contributed by atoms with Crippen molar-refractivity contribution >= 4 is 32.9 Å². The first-order chi connectivity index (χ1) is 9.38. The van der Waals surface area contributed by atoms with Gasteiger partial charge >= 0.3 is 0 Å². The van der Waals surface area contributed by atoms with E-state index in [0.717, 1.165) is 0 Å². The van der Waals surface area contributed by atoms with Gasteiger partial charge in [0.2, 0.25) is 0 Å². The maximum atomic E-state index is 5.51. The van der Waals surface area contributed by atoms with E-state index in [1.807, 2.05) is 20.7 Å². The summed E-state index contributed by atoms with van der Waals surface area (Å²) in [5, 5.41) is 0. The van der Waals surface area contributed by atoms with Crippen molar-refractivity contribution < 1.29 is 0 Å². The molecule has 19 heavy (non-hydrogen) atoms. The molecule has 1 aliphatic carbocycles. The summed E-state index contributed by atoms with van der Waals surface area (Å²) in [6.45, 7) is 0. The Kier molecular flexibility index (Phi) is 7.62. The van der Waals surface area contributed by atoms with Gasteiger partial charge in [0.25, 0.3) is 0 Å². The highest BCUT2D eigenvalue weighted by molar-refractivity contribution is 7.79. The van der Waals surface area contributed by atoms with E-state index in [1.165, 1.54) is 87.3 Å². The van der Waals surface area contributed by atoms with E-state index in [4.69, 9.17) is 12.2 Å². The average molecular weight is 315 g/mol. The summed E-state index contributed by atoms with van der Waals surface area (Å²) >= 11 is 5.51. The number of fused-ring (bicyclic) bond motifs is 1. The van der Waals surface area contributed by atoms with Crippen molar-refractivity contribution in [3.8, 4) is 0 Å². The van der Waals surface area contributed by atoms with Crippen LogP contribution < -0.4 is 0 Å². The fourth-order valence-corrected chi connectivity index (χ4v) is 5.99. The zero-order valence-corrected chi connectivity index (χ0v) is 14.4. The molecule has 0 aliphatic heterocycles. The van der Waals surface area contributed by atoms with Crippen LogP contribution in [0, 0.1) is 3.82 Å². The van der Waals surface area contributed by atoms with Crippen molar-refractivity contribution in [2.24, 2.45) is 0 Å². The minimum Gasteiger partial charge on any atom is -0.0834 e. The molecule has 108 valence electrons. The first-order valence-electron chi connectivity index (χ1n) is 7.99. The van der Waals surface area contributed by atoms with Gasteiger partial charge < -0.3 is 0 Å². The minimum absolute atomic E-state index is 1.18. The highest BCUT2D eigenvalue weighted by Gasteiger charge is 2.08. The molecule has 0 bridgehead atoms. The zero-order valence-electron chi connectivity index (χ0n) is 11.9. The van der Waals surface area contributed by atoms with Crippen molar-refractivity contribution in [1.82, 2.24) is 0 Å². The lowest BCUT2D eigenvalue weighted by atomic mass is 10.0. The summed E-state index contributed by atoms with van der Waals surface area (Å²) in [4.78, 5) is 1.62. The van der Waals surface area contributed by atoms with E-state index in [2.05, 4.69) is 0 Å². The molecule has 1 aromatic rings. The molecule has 3 heteroatoms. The smallest absolute Gasteiger partial charge is 0.0834 e. The number of hydrogen-bond acceptors (Lipinski definition) is 3. The van der Waals surface area contributed by atoms with Gasteiger partial charge in [0.05, 0.1) is 0 Å². The third-order valence-electron chi connectivity index (χ3n) is 4.13. The molecule has 1 heterocycles. The molecule has 0 spiro atoms. The van der Waals surface area contributed by atoms with Crippen LogP contribution in [0.1, 0.15) is 81.1 Å². The average Bonchev–Trinajstić information content (AvgIpc) is 2.75. The van der Waals surface area contributed by atoms with E-state index in [9.17, 15) is 0 Å². The Morgan fingerprint density at radius 3 is 1.63 bits per heavy atom. The molecule has 1 aliphatic rings. The molecule has 0 aromatic carbocycles. The van der Waals surface area contributed by atoms with Crippen molar-refractivity contribution in [2.75, 3.05) is 0 Å². The predicted molar refractivity (Wildman–Crippen MR) is 91.2 cm³/mol. The van der Waals surface area contributed by atoms with Crippen LogP contribution in [0.5, 0.6) is 0 Å². The van der Waals surface area contributed by atoms with Crippen LogP contribution in [0.2, 0.25) is 0 Å². The van der Waals surface area contributed by atoms with Crippen LogP contribution in [0.25, 0.3) is 0 Å². The van der Waals surface area contributed by atoms with E-state index in [-0.39, 0.29) is 0 Å². The minimum atomic E-state index is 1.18. The summed E-state index contributed by atoms with van der Waals surface area (Å²) in [6.07, 6.45) is 18.2. The molecule has 0 nitrogen and oxygen atoms in total. The fourth-order valence-electron chi connectivity index (χ4n) is 2.91. The zero-order chi connectivity index (χ0) is 13.3. The summed E-state index contributed by atoms with van der Waals surface area (Å²) < 4.78 is 1.18. The summed E-state index contributed by atoms with van der Waals surface area (Å²) in [5.74, 6) is 0. The topological polar surface area (TPSA) is 0 Å². The maximum Gasteiger partial charge on any atom is 0.105 e. The third kappa shape index (κ3) is 5.65. The van der Waals surface area contributed by atoms with Gasteiger partial charge in [0.1, 0.15) is 3.82 Å². The molecule has 0 amide bonds. The Bertz CT molecular complexity index is 402. The van der Waals surface area contributed by atoms with Crippen LogP contribution in [0.3, 0.4) is 0 Å². The summed E-state index contributed by atoms with van der Waals surface area (Å²) in [7, 11) is 3.78. The van der Waals surface area contributed by atoms with Crippen LogP contribution in [0.4, 0.5) is 0 Å². The van der Waals surface area contributed by atoms with Gasteiger partial charge in [-0.05, 0) is 31.2 Å². The van der Waals surface area contributed by atoms with E-state index in [1.54, 1.807) is 10.4 Å². The Labute approximate surface area is 130 Å². The van der Waals surface area contributed by atoms with Crippen LogP contribution in [-0.4, -0.2) is 0 Å². The van der Waals surface area contributed by atoms with E-state index < -0.39 is 0 Å². The molecule has 0 N–H and O–H groups in total. The molecule has 0 fully saturated rings. The fraction of sp³-hybridized carbons (Fsp3) is 0.812. The molecule has 0 atom stereocenters. The SMILES string of the molecule is S=c1ssc2c1CCCCCCCCCCCCC2. The van der Waals surface area contributed by atoms with Crippen molar-refractivity contribution in [3.63, 3.8) is 0 Å². The van der Waals surface area contributed by atoms with Crippen LogP contribution >= 0.6 is 32.9 Å². The standard InChI is InChI=1S/C16H26S3/c17-16-14-12-10-8-6-4-2-1-3-5-7-9-11-13-15(14)18-19-16/h1-13H2. The first-order valence-corrected chi connectivity index (χ1v) is 10.5. The van der Waals surface area contributed by atoms with Gasteiger partial charge in [-0.3, -0.25) is 0 Å². The summed E-state index contributed by atoms with van der Waals surface area (Å²) in [6, 6.07) is 0. The van der Waals surface area contributed by atoms with Crippen LogP contribution in [-0.2, 0) is 12.8 Å². The van der Waals surface area contributed by atoms with Gasteiger partial charge in [-0.1, -0.05) is 90.7 Å². The van der Waals surface area contributed by atoms with Crippen molar-refractivity contribution in [1.29, 1.82) is 0 Å².